The smallest absolute Gasteiger partial charge is 0.323 e. The van der Waals surface area contributed by atoms with Crippen molar-refractivity contribution < 1.29 is 9.90 Å². The average molecular weight is 270 g/mol. The summed E-state index contributed by atoms with van der Waals surface area (Å²) in [6, 6.07) is 0. The molecule has 19 heavy (non-hydrogen) atoms. The molecule has 1 heterocycles. The third-order valence-electron chi connectivity index (χ3n) is 4.49. The van der Waals surface area contributed by atoms with Crippen molar-refractivity contribution in [2.75, 3.05) is 26.7 Å². The molecule has 0 aromatic carbocycles. The van der Waals surface area contributed by atoms with Crippen molar-refractivity contribution in [2.24, 2.45) is 5.92 Å². The number of likely N-dealkylation sites (tertiary alicyclic amines) is 1. The zero-order chi connectivity index (χ0) is 14.3. The van der Waals surface area contributed by atoms with E-state index >= 15 is 0 Å². The molecule has 2 N–H and O–H groups in total. The van der Waals surface area contributed by atoms with Gasteiger partial charge in [0.2, 0.25) is 0 Å². The molecule has 1 saturated heterocycles. The molecule has 1 rings (SSSR count). The van der Waals surface area contributed by atoms with E-state index in [0.29, 0.717) is 6.42 Å². The number of hydrogen-bond donors (Lipinski definition) is 2. The second kappa shape index (κ2) is 7.85. The quantitative estimate of drug-likeness (QED) is 0.631. The molecule has 0 saturated carbocycles. The molecule has 4 nitrogen and oxygen atoms in total. The van der Waals surface area contributed by atoms with E-state index in [4.69, 9.17) is 5.11 Å². The Kier molecular flexibility index (Phi) is 6.80. The van der Waals surface area contributed by atoms with Crippen LogP contribution in [0.15, 0.2) is 0 Å². The van der Waals surface area contributed by atoms with Gasteiger partial charge in [-0.05, 0) is 65.1 Å². The summed E-state index contributed by atoms with van der Waals surface area (Å²) < 4.78 is 0. The summed E-state index contributed by atoms with van der Waals surface area (Å²) in [6.07, 6.45) is 6.76. The van der Waals surface area contributed by atoms with Gasteiger partial charge in [-0.2, -0.15) is 0 Å². The van der Waals surface area contributed by atoms with Crippen molar-refractivity contribution in [1.82, 2.24) is 10.2 Å². The fraction of sp³-hybridized carbons (Fsp3) is 0.933. The first kappa shape index (κ1) is 16.4. The van der Waals surface area contributed by atoms with E-state index in [9.17, 15) is 4.79 Å². The van der Waals surface area contributed by atoms with E-state index in [1.807, 2.05) is 0 Å². The van der Waals surface area contributed by atoms with E-state index in [2.05, 4.69) is 17.1 Å². The van der Waals surface area contributed by atoms with Crippen molar-refractivity contribution in [2.45, 2.75) is 57.9 Å². The first-order chi connectivity index (χ1) is 9.01. The van der Waals surface area contributed by atoms with Crippen molar-refractivity contribution in [3.8, 4) is 0 Å². The zero-order valence-electron chi connectivity index (χ0n) is 12.7. The highest BCUT2D eigenvalue weighted by Gasteiger charge is 2.30. The molecule has 2 unspecified atom stereocenters. The summed E-state index contributed by atoms with van der Waals surface area (Å²) in [5, 5.41) is 12.1. The molecule has 0 bridgehead atoms. The first-order valence-corrected chi connectivity index (χ1v) is 7.66. The molecule has 2 atom stereocenters. The number of rotatable bonds is 9. The maximum Gasteiger partial charge on any atom is 0.323 e. The van der Waals surface area contributed by atoms with Gasteiger partial charge in [-0.15, -0.1) is 0 Å². The normalized spacial score (nSPS) is 23.4. The third kappa shape index (κ3) is 5.11. The zero-order valence-corrected chi connectivity index (χ0v) is 12.7. The van der Waals surface area contributed by atoms with Crippen LogP contribution < -0.4 is 5.32 Å². The lowest BCUT2D eigenvalue weighted by atomic mass is 9.95. The molecule has 0 aromatic rings. The van der Waals surface area contributed by atoms with Gasteiger partial charge in [0.1, 0.15) is 5.54 Å². The lowest BCUT2D eigenvalue weighted by Gasteiger charge is -2.24. The minimum absolute atomic E-state index is 0.699. The Balaban J connectivity index is 2.16. The van der Waals surface area contributed by atoms with E-state index in [1.54, 1.807) is 14.0 Å². The highest BCUT2D eigenvalue weighted by Crippen LogP contribution is 2.21. The second-order valence-electron chi connectivity index (χ2n) is 6.09. The Labute approximate surface area is 117 Å². The van der Waals surface area contributed by atoms with Gasteiger partial charge in [0.25, 0.3) is 0 Å². The lowest BCUT2D eigenvalue weighted by molar-refractivity contribution is -0.144. The molecule has 0 spiro atoms. The summed E-state index contributed by atoms with van der Waals surface area (Å²) in [6.45, 7) is 7.62. The maximum atomic E-state index is 11.1. The predicted octanol–water partition coefficient (Wildman–Crippen LogP) is 2.34. The molecule has 4 heteroatoms. The first-order valence-electron chi connectivity index (χ1n) is 7.66. The van der Waals surface area contributed by atoms with Gasteiger partial charge in [-0.3, -0.25) is 4.79 Å². The molecule has 1 fully saturated rings. The van der Waals surface area contributed by atoms with Crippen LogP contribution in [0.4, 0.5) is 0 Å². The van der Waals surface area contributed by atoms with Crippen LogP contribution >= 0.6 is 0 Å². The fourth-order valence-electron chi connectivity index (χ4n) is 2.91. The number of carbonyl (C=O) groups is 1. The van der Waals surface area contributed by atoms with E-state index in [0.717, 1.165) is 25.3 Å². The molecular weight excluding hydrogens is 240 g/mol. The van der Waals surface area contributed by atoms with Gasteiger partial charge in [0, 0.05) is 6.54 Å². The minimum Gasteiger partial charge on any atom is -0.480 e. The van der Waals surface area contributed by atoms with Crippen LogP contribution in [0.5, 0.6) is 0 Å². The highest BCUT2D eigenvalue weighted by molar-refractivity contribution is 5.78. The van der Waals surface area contributed by atoms with Gasteiger partial charge in [0.15, 0.2) is 0 Å². The number of likely N-dealkylation sites (N-methyl/N-ethyl adjacent to an activating group) is 1. The van der Waals surface area contributed by atoms with E-state index in [-0.39, 0.29) is 0 Å². The standard InChI is InChI=1S/C15H30N2O2/c1-4-7-13-8-11-17(12-13)10-6-5-9-15(2,16-3)14(18)19/h13,16H,4-12H2,1-3H3,(H,18,19). The molecule has 0 radical (unpaired) electrons. The number of nitrogens with one attached hydrogen (secondary N) is 1. The summed E-state index contributed by atoms with van der Waals surface area (Å²) in [7, 11) is 1.73. The van der Waals surface area contributed by atoms with Crippen LogP contribution in [0.3, 0.4) is 0 Å². The monoisotopic (exact) mass is 270 g/mol. The van der Waals surface area contributed by atoms with Crippen LogP contribution in [0.1, 0.15) is 52.4 Å². The van der Waals surface area contributed by atoms with Gasteiger partial charge in [-0.25, -0.2) is 0 Å². The fourth-order valence-corrected chi connectivity index (χ4v) is 2.91. The number of unbranched alkanes of at least 4 members (excludes halogenated alkanes) is 1. The van der Waals surface area contributed by atoms with Crippen molar-refractivity contribution in [3.63, 3.8) is 0 Å². The Morgan fingerprint density at radius 3 is 2.79 bits per heavy atom. The van der Waals surface area contributed by atoms with Crippen molar-refractivity contribution in [3.05, 3.63) is 0 Å². The number of carboxylic acid groups (broad SMARTS) is 1. The molecular formula is C15H30N2O2. The summed E-state index contributed by atoms with van der Waals surface area (Å²) >= 11 is 0. The summed E-state index contributed by atoms with van der Waals surface area (Å²) in [5.41, 5.74) is -0.768. The van der Waals surface area contributed by atoms with Crippen LogP contribution in [-0.2, 0) is 4.79 Å². The predicted molar refractivity (Wildman–Crippen MR) is 78.4 cm³/mol. The van der Waals surface area contributed by atoms with Crippen molar-refractivity contribution >= 4 is 5.97 Å². The van der Waals surface area contributed by atoms with Crippen LogP contribution in [-0.4, -0.2) is 48.2 Å². The topological polar surface area (TPSA) is 52.6 Å². The van der Waals surface area contributed by atoms with Crippen molar-refractivity contribution in [1.29, 1.82) is 0 Å². The van der Waals surface area contributed by atoms with Gasteiger partial charge in [0.05, 0.1) is 0 Å². The van der Waals surface area contributed by atoms with E-state index < -0.39 is 11.5 Å². The molecule has 112 valence electrons. The number of aliphatic carboxylic acids is 1. The maximum absolute atomic E-state index is 11.1. The average Bonchev–Trinajstić information content (AvgIpc) is 2.82. The number of hydrogen-bond acceptors (Lipinski definition) is 3. The molecule has 0 aromatic heterocycles. The Hall–Kier alpha value is -0.610. The second-order valence-corrected chi connectivity index (χ2v) is 6.09. The van der Waals surface area contributed by atoms with Crippen LogP contribution in [0.25, 0.3) is 0 Å². The Morgan fingerprint density at radius 2 is 2.21 bits per heavy atom. The number of nitrogens with zero attached hydrogens (tertiary/aromatic N) is 1. The van der Waals surface area contributed by atoms with Gasteiger partial charge < -0.3 is 15.3 Å². The number of carboxylic acids is 1. The molecule has 1 aliphatic rings. The van der Waals surface area contributed by atoms with Crippen LogP contribution in [0, 0.1) is 5.92 Å². The summed E-state index contributed by atoms with van der Waals surface area (Å²) in [5.74, 6) is 0.144. The SMILES string of the molecule is CCCC1CCN(CCCCC(C)(NC)C(=O)O)C1. The third-order valence-corrected chi connectivity index (χ3v) is 4.49. The van der Waals surface area contributed by atoms with Gasteiger partial charge in [-0.1, -0.05) is 13.3 Å². The molecule has 0 amide bonds. The molecule has 1 aliphatic heterocycles. The minimum atomic E-state index is -0.768. The Morgan fingerprint density at radius 1 is 1.47 bits per heavy atom. The highest BCUT2D eigenvalue weighted by atomic mass is 16.4. The largest absolute Gasteiger partial charge is 0.480 e. The Bertz CT molecular complexity index is 283. The van der Waals surface area contributed by atoms with Gasteiger partial charge >= 0.3 is 5.97 Å². The molecule has 0 aliphatic carbocycles. The lowest BCUT2D eigenvalue weighted by Crippen LogP contribution is -2.47. The van der Waals surface area contributed by atoms with Crippen LogP contribution in [0.2, 0.25) is 0 Å². The van der Waals surface area contributed by atoms with E-state index in [1.165, 1.54) is 32.4 Å². The summed E-state index contributed by atoms with van der Waals surface area (Å²) in [4.78, 5) is 13.7.